The zero-order valence-electron chi connectivity index (χ0n) is 15.0. The zero-order valence-corrected chi connectivity index (χ0v) is 15.0. The van der Waals surface area contributed by atoms with Crippen LogP contribution in [0.1, 0.15) is 41.7 Å². The summed E-state index contributed by atoms with van der Waals surface area (Å²) in [5, 5.41) is 5.90. The number of amides is 1. The molecule has 0 radical (unpaired) electrons. The molecule has 3 rings (SSSR count). The van der Waals surface area contributed by atoms with Crippen LogP contribution in [0.2, 0.25) is 0 Å². The number of nitrogens with one attached hydrogen (secondary N) is 2. The minimum atomic E-state index is -4.49. The van der Waals surface area contributed by atoms with Crippen LogP contribution < -0.4 is 22.1 Å². The van der Waals surface area contributed by atoms with Gasteiger partial charge in [0.15, 0.2) is 11.5 Å². The first-order valence-corrected chi connectivity index (χ1v) is 8.87. The Balaban J connectivity index is 1.87. The fourth-order valence-corrected chi connectivity index (χ4v) is 3.16. The average Bonchev–Trinajstić information content (AvgIpc) is 2.63. The summed E-state index contributed by atoms with van der Waals surface area (Å²) in [5.74, 6) is -0.508. The molecule has 0 aliphatic heterocycles. The molecule has 1 amide bonds. The highest BCUT2D eigenvalue weighted by Crippen LogP contribution is 2.31. The first kappa shape index (κ1) is 19.9. The normalized spacial score (nSPS) is 19.9. The number of nitrogens with zero attached hydrogens (tertiary/aromatic N) is 2. The lowest BCUT2D eigenvalue weighted by Gasteiger charge is -2.29. The molecule has 1 aliphatic carbocycles. The van der Waals surface area contributed by atoms with Crippen molar-refractivity contribution in [2.75, 3.05) is 10.6 Å². The molecule has 1 heterocycles. The van der Waals surface area contributed by atoms with Crippen molar-refractivity contribution < 1.29 is 18.0 Å². The summed E-state index contributed by atoms with van der Waals surface area (Å²) >= 11 is 0. The molecule has 1 fully saturated rings. The maximum absolute atomic E-state index is 12.9. The fourth-order valence-electron chi connectivity index (χ4n) is 3.16. The predicted molar refractivity (Wildman–Crippen MR) is 99.1 cm³/mol. The molecular weight excluding hydrogens is 373 g/mol. The molecule has 2 unspecified atom stereocenters. The quantitative estimate of drug-likeness (QED) is 0.619. The lowest BCUT2D eigenvalue weighted by atomic mass is 9.91. The van der Waals surface area contributed by atoms with Gasteiger partial charge in [-0.05, 0) is 31.0 Å². The van der Waals surface area contributed by atoms with Gasteiger partial charge in [0.05, 0.1) is 11.8 Å². The van der Waals surface area contributed by atoms with Crippen LogP contribution in [0.5, 0.6) is 0 Å². The van der Waals surface area contributed by atoms with Gasteiger partial charge in [0.1, 0.15) is 5.82 Å². The van der Waals surface area contributed by atoms with Crippen molar-refractivity contribution in [3.8, 4) is 0 Å². The van der Waals surface area contributed by atoms with E-state index in [-0.39, 0.29) is 29.3 Å². The number of nitrogens with two attached hydrogens (primary N) is 2. The van der Waals surface area contributed by atoms with Crippen molar-refractivity contribution in [1.82, 2.24) is 9.97 Å². The van der Waals surface area contributed by atoms with Gasteiger partial charge in [-0.2, -0.15) is 13.2 Å². The number of anilines is 3. The molecule has 10 heteroatoms. The number of rotatable bonds is 5. The summed E-state index contributed by atoms with van der Waals surface area (Å²) in [4.78, 5) is 19.9. The van der Waals surface area contributed by atoms with Gasteiger partial charge >= 0.3 is 6.18 Å². The molecule has 7 nitrogen and oxygen atoms in total. The van der Waals surface area contributed by atoms with E-state index in [0.29, 0.717) is 5.82 Å². The highest BCUT2D eigenvalue weighted by atomic mass is 19.4. The molecule has 6 N–H and O–H groups in total. The molecule has 2 atom stereocenters. The number of aromatic nitrogens is 2. The van der Waals surface area contributed by atoms with Gasteiger partial charge in [0.2, 0.25) is 0 Å². The summed E-state index contributed by atoms with van der Waals surface area (Å²) in [6.45, 7) is 0. The van der Waals surface area contributed by atoms with E-state index in [1.807, 2.05) is 0 Å². The van der Waals surface area contributed by atoms with E-state index in [0.717, 1.165) is 37.8 Å². The molecule has 1 saturated carbocycles. The minimum Gasteiger partial charge on any atom is -0.364 e. The maximum Gasteiger partial charge on any atom is 0.416 e. The van der Waals surface area contributed by atoms with Gasteiger partial charge in [0, 0.05) is 17.8 Å². The van der Waals surface area contributed by atoms with Crippen molar-refractivity contribution >= 4 is 23.2 Å². The summed E-state index contributed by atoms with van der Waals surface area (Å²) in [7, 11) is 0. The second-order valence-electron chi connectivity index (χ2n) is 6.72. The van der Waals surface area contributed by atoms with Crippen molar-refractivity contribution in [2.24, 2.45) is 11.5 Å². The van der Waals surface area contributed by atoms with Crippen LogP contribution in [0.15, 0.2) is 30.5 Å². The van der Waals surface area contributed by atoms with E-state index in [1.54, 1.807) is 0 Å². The summed E-state index contributed by atoms with van der Waals surface area (Å²) < 4.78 is 38.8. The number of halogens is 3. The fraction of sp³-hybridized carbons (Fsp3) is 0.389. The topological polar surface area (TPSA) is 119 Å². The number of hydrogen-bond donors (Lipinski definition) is 4. The van der Waals surface area contributed by atoms with E-state index < -0.39 is 17.6 Å². The summed E-state index contributed by atoms with van der Waals surface area (Å²) in [5.41, 5.74) is 10.6. The van der Waals surface area contributed by atoms with Gasteiger partial charge in [-0.3, -0.25) is 4.79 Å². The third kappa shape index (κ3) is 4.69. The highest BCUT2D eigenvalue weighted by molar-refractivity contribution is 5.96. The van der Waals surface area contributed by atoms with Crippen LogP contribution in [0.3, 0.4) is 0 Å². The first-order chi connectivity index (χ1) is 13.2. The van der Waals surface area contributed by atoms with Gasteiger partial charge in [-0.1, -0.05) is 18.9 Å². The molecule has 1 aliphatic rings. The Morgan fingerprint density at radius 3 is 2.64 bits per heavy atom. The Morgan fingerprint density at radius 1 is 1.21 bits per heavy atom. The predicted octanol–water partition coefficient (Wildman–Crippen LogP) is 3.02. The molecule has 0 bridgehead atoms. The lowest BCUT2D eigenvalue weighted by molar-refractivity contribution is -0.137. The van der Waals surface area contributed by atoms with Gasteiger partial charge in [-0.25, -0.2) is 9.97 Å². The molecule has 2 aromatic rings. The Labute approximate surface area is 159 Å². The van der Waals surface area contributed by atoms with Crippen molar-refractivity contribution in [1.29, 1.82) is 0 Å². The van der Waals surface area contributed by atoms with Crippen LogP contribution in [-0.4, -0.2) is 28.0 Å². The number of carbonyl (C=O) groups excluding carboxylic acids is 1. The molecular formula is C18H21F3N6O. The smallest absolute Gasteiger partial charge is 0.364 e. The third-order valence-corrected chi connectivity index (χ3v) is 4.61. The van der Waals surface area contributed by atoms with Crippen LogP contribution in [-0.2, 0) is 6.18 Å². The van der Waals surface area contributed by atoms with E-state index >= 15 is 0 Å². The first-order valence-electron chi connectivity index (χ1n) is 8.87. The molecule has 0 saturated heterocycles. The number of carbonyl (C=O) groups is 1. The van der Waals surface area contributed by atoms with Crippen molar-refractivity contribution in [3.05, 3.63) is 41.7 Å². The van der Waals surface area contributed by atoms with E-state index in [9.17, 15) is 18.0 Å². The van der Waals surface area contributed by atoms with E-state index in [4.69, 9.17) is 11.5 Å². The number of benzene rings is 1. The molecule has 0 spiro atoms. The number of alkyl halides is 3. The van der Waals surface area contributed by atoms with Gasteiger partial charge in [-0.15, -0.1) is 0 Å². The van der Waals surface area contributed by atoms with Crippen molar-refractivity contribution in [3.63, 3.8) is 0 Å². The zero-order chi connectivity index (χ0) is 20.3. The third-order valence-electron chi connectivity index (χ3n) is 4.61. The van der Waals surface area contributed by atoms with Crippen LogP contribution in [0.25, 0.3) is 0 Å². The standard InChI is InChI=1S/C18H21F3N6O/c19-18(20,21)10-4-3-5-11(8-10)25-17-15(16(23)28)24-9-14(27-17)26-13-7-2-1-6-12(13)22/h3-5,8-9,12-13H,1-2,6-7,22H2,(H2,23,28)(H2,25,26,27). The Kier molecular flexibility index (Phi) is 5.68. The van der Waals surface area contributed by atoms with Gasteiger partial charge < -0.3 is 22.1 Å². The maximum atomic E-state index is 12.9. The molecule has 150 valence electrons. The SMILES string of the molecule is NC(=O)c1ncc(NC2CCCCC2N)nc1Nc1cccc(C(F)(F)F)c1. The second kappa shape index (κ2) is 8.01. The molecule has 1 aromatic carbocycles. The molecule has 1 aromatic heterocycles. The number of hydrogen-bond acceptors (Lipinski definition) is 6. The monoisotopic (exact) mass is 394 g/mol. The minimum absolute atomic E-state index is 0.00360. The Bertz CT molecular complexity index is 857. The van der Waals surface area contributed by atoms with Gasteiger partial charge in [0.25, 0.3) is 5.91 Å². The second-order valence-corrected chi connectivity index (χ2v) is 6.72. The van der Waals surface area contributed by atoms with Crippen LogP contribution in [0.4, 0.5) is 30.5 Å². The van der Waals surface area contributed by atoms with Crippen molar-refractivity contribution in [2.45, 2.75) is 43.9 Å². The van der Waals surface area contributed by atoms with E-state index in [2.05, 4.69) is 20.6 Å². The number of primary amides is 1. The largest absolute Gasteiger partial charge is 0.416 e. The Morgan fingerprint density at radius 2 is 1.96 bits per heavy atom. The average molecular weight is 394 g/mol. The summed E-state index contributed by atoms with van der Waals surface area (Å²) in [6.07, 6.45) is 0.729. The highest BCUT2D eigenvalue weighted by Gasteiger charge is 2.30. The summed E-state index contributed by atoms with van der Waals surface area (Å²) in [6, 6.07) is 4.53. The lowest BCUT2D eigenvalue weighted by Crippen LogP contribution is -2.42. The van der Waals surface area contributed by atoms with Crippen LogP contribution in [0, 0.1) is 0 Å². The molecule has 28 heavy (non-hydrogen) atoms. The van der Waals surface area contributed by atoms with Crippen LogP contribution >= 0.6 is 0 Å². The van der Waals surface area contributed by atoms with E-state index in [1.165, 1.54) is 18.3 Å². The Hall–Kier alpha value is -2.88.